The molecule has 0 amide bonds. The predicted octanol–water partition coefficient (Wildman–Crippen LogP) is 5.88. The van der Waals surface area contributed by atoms with Crippen molar-refractivity contribution in [3.63, 3.8) is 0 Å². The molecule has 4 nitrogen and oxygen atoms in total. The highest BCUT2D eigenvalue weighted by atomic mass is 16.5. The molecule has 0 saturated heterocycles. The van der Waals surface area contributed by atoms with E-state index >= 15 is 0 Å². The van der Waals surface area contributed by atoms with Crippen molar-refractivity contribution in [2.24, 2.45) is 0 Å². The zero-order valence-corrected chi connectivity index (χ0v) is 17.4. The summed E-state index contributed by atoms with van der Waals surface area (Å²) < 4.78 is 7.78. The molecule has 30 heavy (non-hydrogen) atoms. The van der Waals surface area contributed by atoms with Crippen LogP contribution in [0.15, 0.2) is 72.9 Å². The van der Waals surface area contributed by atoms with E-state index in [2.05, 4.69) is 95.5 Å². The minimum atomic E-state index is 0.777. The van der Waals surface area contributed by atoms with Crippen LogP contribution in [0, 0.1) is 13.8 Å². The van der Waals surface area contributed by atoms with Gasteiger partial charge >= 0.3 is 0 Å². The molecule has 0 atom stereocenters. The highest BCUT2D eigenvalue weighted by Gasteiger charge is 2.20. The predicted molar refractivity (Wildman–Crippen MR) is 121 cm³/mol. The van der Waals surface area contributed by atoms with Gasteiger partial charge < -0.3 is 9.30 Å². The van der Waals surface area contributed by atoms with Crippen LogP contribution in [0.5, 0.6) is 5.75 Å². The zero-order valence-electron chi connectivity index (χ0n) is 17.4. The van der Waals surface area contributed by atoms with E-state index in [1.165, 1.54) is 16.7 Å². The zero-order chi connectivity index (χ0) is 20.7. The van der Waals surface area contributed by atoms with E-state index in [4.69, 9.17) is 4.74 Å². The molecule has 3 aromatic carbocycles. The number of rotatable bonds is 4. The van der Waals surface area contributed by atoms with Gasteiger partial charge in [-0.2, -0.15) is 0 Å². The molecule has 2 aliphatic rings. The van der Waals surface area contributed by atoms with Crippen molar-refractivity contribution in [1.82, 2.24) is 14.8 Å². The first-order valence-corrected chi connectivity index (χ1v) is 10.1. The maximum atomic E-state index is 5.49. The lowest BCUT2D eigenvalue weighted by Crippen LogP contribution is -2.04. The van der Waals surface area contributed by atoms with Gasteiger partial charge in [-0.3, -0.25) is 0 Å². The summed E-state index contributed by atoms with van der Waals surface area (Å²) in [5, 5.41) is 10.2. The second-order valence-corrected chi connectivity index (χ2v) is 7.81. The van der Waals surface area contributed by atoms with Gasteiger partial charge in [0, 0.05) is 29.3 Å². The smallest absolute Gasteiger partial charge is 0.119 e. The Morgan fingerprint density at radius 2 is 1.63 bits per heavy atom. The summed E-state index contributed by atoms with van der Waals surface area (Å²) in [5.41, 5.74) is 8.80. The van der Waals surface area contributed by atoms with Crippen LogP contribution in [-0.4, -0.2) is 21.9 Å². The van der Waals surface area contributed by atoms with Gasteiger partial charge in [0.15, 0.2) is 0 Å². The van der Waals surface area contributed by atoms with E-state index in [0.717, 1.165) is 45.7 Å². The minimum absolute atomic E-state index is 0.777. The molecular weight excluding hydrogens is 370 g/mol. The molecule has 2 heterocycles. The number of pyridine rings is 1. The topological polar surface area (TPSA) is 39.9 Å². The Kier molecular flexibility index (Phi) is 4.47. The van der Waals surface area contributed by atoms with Crippen LogP contribution in [0.25, 0.3) is 33.4 Å². The van der Waals surface area contributed by atoms with Gasteiger partial charge in [0.25, 0.3) is 0 Å². The molecule has 0 saturated carbocycles. The van der Waals surface area contributed by atoms with Crippen LogP contribution < -0.4 is 4.74 Å². The molecule has 0 aromatic heterocycles. The SMILES string of the molecule is COc1ccc2c(c1)c1nnc(-c3ccc(C)cc3)c-1cn2Cc1cccc(C)c1. The fraction of sp³-hybridized carbons (Fsp3) is 0.154. The third kappa shape index (κ3) is 3.20. The van der Waals surface area contributed by atoms with Gasteiger partial charge in [0.05, 0.1) is 12.6 Å². The van der Waals surface area contributed by atoms with Crippen molar-refractivity contribution < 1.29 is 4.74 Å². The Morgan fingerprint density at radius 1 is 0.833 bits per heavy atom. The summed E-state index contributed by atoms with van der Waals surface area (Å²) in [6, 6.07) is 23.2. The molecule has 0 N–H and O–H groups in total. The molecule has 0 radical (unpaired) electrons. The second kappa shape index (κ2) is 7.30. The summed E-state index contributed by atoms with van der Waals surface area (Å²) in [7, 11) is 1.69. The molecule has 4 heteroatoms. The Hall–Kier alpha value is -3.66. The number of fused-ring (bicyclic) bond motifs is 3. The first kappa shape index (κ1) is 18.4. The summed E-state index contributed by atoms with van der Waals surface area (Å²) >= 11 is 0. The number of ether oxygens (including phenoxy) is 1. The molecule has 148 valence electrons. The van der Waals surface area contributed by atoms with Crippen LogP contribution in [-0.2, 0) is 6.54 Å². The number of hydrogen-bond acceptors (Lipinski definition) is 3. The van der Waals surface area contributed by atoms with Gasteiger partial charge in [-0.1, -0.05) is 59.7 Å². The van der Waals surface area contributed by atoms with E-state index in [9.17, 15) is 0 Å². The molecule has 0 fully saturated rings. The molecule has 0 unspecified atom stereocenters. The van der Waals surface area contributed by atoms with Crippen LogP contribution >= 0.6 is 0 Å². The van der Waals surface area contributed by atoms with Crippen molar-refractivity contribution in [1.29, 1.82) is 0 Å². The van der Waals surface area contributed by atoms with Crippen LogP contribution in [0.3, 0.4) is 0 Å². The minimum Gasteiger partial charge on any atom is -0.497 e. The Morgan fingerprint density at radius 3 is 2.40 bits per heavy atom. The van der Waals surface area contributed by atoms with Gasteiger partial charge in [-0.05, 0) is 37.6 Å². The maximum Gasteiger partial charge on any atom is 0.119 e. The fourth-order valence-electron chi connectivity index (χ4n) is 4.01. The van der Waals surface area contributed by atoms with Crippen molar-refractivity contribution in [3.05, 3.63) is 89.6 Å². The summed E-state index contributed by atoms with van der Waals surface area (Å²) in [6.07, 6.45) is 2.18. The lowest BCUT2D eigenvalue weighted by atomic mass is 10.0. The molecule has 5 rings (SSSR count). The van der Waals surface area contributed by atoms with Gasteiger partial charge in [0.2, 0.25) is 0 Å². The summed E-state index contributed by atoms with van der Waals surface area (Å²) in [5.74, 6) is 0.817. The van der Waals surface area contributed by atoms with Crippen molar-refractivity contribution in [2.45, 2.75) is 20.4 Å². The Labute approximate surface area is 176 Å². The van der Waals surface area contributed by atoms with Crippen molar-refractivity contribution in [3.8, 4) is 28.3 Å². The Bertz CT molecular complexity index is 1320. The maximum absolute atomic E-state index is 5.49. The van der Waals surface area contributed by atoms with Gasteiger partial charge in [-0.25, -0.2) is 0 Å². The van der Waals surface area contributed by atoms with Gasteiger partial charge in [0.1, 0.15) is 17.1 Å². The molecule has 2 aliphatic heterocycles. The third-order valence-electron chi connectivity index (χ3n) is 5.57. The molecule has 0 bridgehead atoms. The monoisotopic (exact) mass is 393 g/mol. The normalized spacial score (nSPS) is 11.3. The van der Waals surface area contributed by atoms with Crippen LogP contribution in [0.2, 0.25) is 0 Å². The second-order valence-electron chi connectivity index (χ2n) is 7.81. The standard InChI is InChI=1S/C26H23N3O/c1-17-7-9-20(10-8-17)25-23-16-29(15-19-6-4-5-18(2)13-19)24-12-11-21(30-3)14-22(24)26(23)28-27-25/h4-14,16H,15H2,1-3H3. The number of benzene rings is 3. The summed E-state index contributed by atoms with van der Waals surface area (Å²) in [4.78, 5) is 0. The highest BCUT2D eigenvalue weighted by Crippen LogP contribution is 2.38. The average molecular weight is 393 g/mol. The largest absolute Gasteiger partial charge is 0.497 e. The van der Waals surface area contributed by atoms with E-state index in [1.54, 1.807) is 7.11 Å². The molecular formula is C26H23N3O. The van der Waals surface area contributed by atoms with E-state index in [0.29, 0.717) is 0 Å². The number of aromatic nitrogens is 3. The molecule has 0 aliphatic carbocycles. The quantitative estimate of drug-likeness (QED) is 0.383. The third-order valence-corrected chi connectivity index (χ3v) is 5.57. The summed E-state index contributed by atoms with van der Waals surface area (Å²) in [6.45, 7) is 4.99. The number of hydrogen-bond donors (Lipinski definition) is 0. The van der Waals surface area contributed by atoms with Crippen molar-refractivity contribution >= 4 is 10.9 Å². The van der Waals surface area contributed by atoms with E-state index < -0.39 is 0 Å². The lowest BCUT2D eigenvalue weighted by Gasteiger charge is -2.16. The number of aryl methyl sites for hydroxylation is 2. The van der Waals surface area contributed by atoms with Crippen LogP contribution in [0.4, 0.5) is 0 Å². The average Bonchev–Trinajstić information content (AvgIpc) is 3.18. The Balaban J connectivity index is 1.74. The van der Waals surface area contributed by atoms with Crippen molar-refractivity contribution in [2.75, 3.05) is 7.11 Å². The number of methoxy groups -OCH3 is 1. The van der Waals surface area contributed by atoms with Crippen LogP contribution in [0.1, 0.15) is 16.7 Å². The first-order valence-electron chi connectivity index (χ1n) is 10.1. The fourth-order valence-corrected chi connectivity index (χ4v) is 4.01. The molecule has 0 spiro atoms. The number of nitrogens with zero attached hydrogens (tertiary/aromatic N) is 3. The van der Waals surface area contributed by atoms with Gasteiger partial charge in [-0.15, -0.1) is 10.2 Å². The highest BCUT2D eigenvalue weighted by molar-refractivity contribution is 5.98. The molecule has 3 aromatic rings. The first-order chi connectivity index (χ1) is 14.6. The van der Waals surface area contributed by atoms with E-state index in [1.807, 2.05) is 6.07 Å². The van der Waals surface area contributed by atoms with E-state index in [-0.39, 0.29) is 0 Å². The lowest BCUT2D eigenvalue weighted by molar-refractivity contribution is 0.415.